The lowest BCUT2D eigenvalue weighted by atomic mass is 9.85. The maximum absolute atomic E-state index is 6.31. The number of rotatable bonds is 3. The average molecular weight is 636 g/mol. The third kappa shape index (κ3) is 3.79. The van der Waals surface area contributed by atoms with Gasteiger partial charge in [0.1, 0.15) is 11.2 Å². The molecule has 0 radical (unpaired) electrons. The van der Waals surface area contributed by atoms with Gasteiger partial charge in [-0.15, -0.1) is 0 Å². The molecule has 0 aliphatic rings. The fraction of sp³-hybridized carbons (Fsp3) is 0. The Morgan fingerprint density at radius 2 is 0.920 bits per heavy atom. The van der Waals surface area contributed by atoms with Crippen LogP contribution in [0.2, 0.25) is 0 Å². The van der Waals surface area contributed by atoms with Gasteiger partial charge in [-0.1, -0.05) is 140 Å². The van der Waals surface area contributed by atoms with Crippen LogP contribution in [-0.2, 0) is 0 Å². The monoisotopic (exact) mass is 635 g/mol. The SMILES string of the molecule is c1ccc2c(-c3c4ccccc4c(-c4ccc(-n5c6ccccc6c6c7c(ccc65)oc5ccccc57)cc4)c4ccccc34)cccc2c1. The van der Waals surface area contributed by atoms with Crippen LogP contribution in [0.25, 0.3) is 104 Å². The molecule has 0 aliphatic heterocycles. The Morgan fingerprint density at radius 1 is 0.340 bits per heavy atom. The largest absolute Gasteiger partial charge is 0.456 e. The first-order chi connectivity index (χ1) is 24.8. The van der Waals surface area contributed by atoms with E-state index in [1.807, 2.05) is 6.07 Å². The molecule has 0 saturated heterocycles. The van der Waals surface area contributed by atoms with Crippen molar-refractivity contribution >= 4 is 76.1 Å². The third-order valence-corrected chi connectivity index (χ3v) is 10.6. The van der Waals surface area contributed by atoms with Gasteiger partial charge in [-0.05, 0) is 91.0 Å². The van der Waals surface area contributed by atoms with Crippen LogP contribution >= 0.6 is 0 Å². The van der Waals surface area contributed by atoms with E-state index >= 15 is 0 Å². The van der Waals surface area contributed by atoms with Gasteiger partial charge in [-0.2, -0.15) is 0 Å². The van der Waals surface area contributed by atoms with Crippen LogP contribution in [0.15, 0.2) is 180 Å². The highest BCUT2D eigenvalue weighted by atomic mass is 16.3. The molecule has 9 aromatic carbocycles. The number of nitrogens with zero attached hydrogens (tertiary/aromatic N) is 1. The minimum atomic E-state index is 0.919. The lowest BCUT2D eigenvalue weighted by Crippen LogP contribution is -1.95. The highest BCUT2D eigenvalue weighted by Crippen LogP contribution is 2.46. The van der Waals surface area contributed by atoms with Crippen LogP contribution in [0.3, 0.4) is 0 Å². The molecule has 2 heterocycles. The van der Waals surface area contributed by atoms with Crippen LogP contribution in [0.1, 0.15) is 0 Å². The fourth-order valence-corrected chi connectivity index (χ4v) is 8.50. The highest BCUT2D eigenvalue weighted by molar-refractivity contribution is 6.27. The van der Waals surface area contributed by atoms with Gasteiger partial charge < -0.3 is 8.98 Å². The molecule has 0 bridgehead atoms. The summed E-state index contributed by atoms with van der Waals surface area (Å²) in [6.45, 7) is 0. The van der Waals surface area contributed by atoms with E-state index in [9.17, 15) is 0 Å². The molecule has 2 nitrogen and oxygen atoms in total. The molecule has 11 rings (SSSR count). The summed E-state index contributed by atoms with van der Waals surface area (Å²) in [5.74, 6) is 0. The minimum Gasteiger partial charge on any atom is -0.456 e. The van der Waals surface area contributed by atoms with Gasteiger partial charge >= 0.3 is 0 Å². The van der Waals surface area contributed by atoms with Gasteiger partial charge in [0.2, 0.25) is 0 Å². The molecule has 50 heavy (non-hydrogen) atoms. The van der Waals surface area contributed by atoms with Gasteiger partial charge in [0.15, 0.2) is 0 Å². The van der Waals surface area contributed by atoms with Gasteiger partial charge in [0.05, 0.1) is 11.0 Å². The molecule has 0 fully saturated rings. The number of furan rings is 1. The van der Waals surface area contributed by atoms with Crippen molar-refractivity contribution in [2.24, 2.45) is 0 Å². The second-order valence-electron chi connectivity index (χ2n) is 13.2. The van der Waals surface area contributed by atoms with Crippen LogP contribution in [0.4, 0.5) is 0 Å². The average Bonchev–Trinajstić information content (AvgIpc) is 3.72. The maximum Gasteiger partial charge on any atom is 0.136 e. The Labute approximate surface area is 288 Å². The predicted molar refractivity (Wildman–Crippen MR) is 211 cm³/mol. The molecular weight excluding hydrogens is 607 g/mol. The Hall–Kier alpha value is -6.64. The first kappa shape index (κ1) is 27.3. The number of hydrogen-bond donors (Lipinski definition) is 0. The first-order valence-electron chi connectivity index (χ1n) is 17.2. The smallest absolute Gasteiger partial charge is 0.136 e. The molecule has 2 heteroatoms. The number of benzene rings is 9. The first-order valence-corrected chi connectivity index (χ1v) is 17.2. The molecule has 2 aromatic heterocycles. The second-order valence-corrected chi connectivity index (χ2v) is 13.2. The summed E-state index contributed by atoms with van der Waals surface area (Å²) in [4.78, 5) is 0. The number of fused-ring (bicyclic) bond motifs is 10. The summed E-state index contributed by atoms with van der Waals surface area (Å²) in [5, 5.41) is 12.4. The Morgan fingerprint density at radius 3 is 1.66 bits per heavy atom. The molecular formula is C48H29NO. The molecule has 232 valence electrons. The molecule has 0 amide bonds. The molecule has 0 atom stereocenters. The zero-order valence-electron chi connectivity index (χ0n) is 27.1. The molecule has 0 N–H and O–H groups in total. The van der Waals surface area contributed by atoms with Crippen molar-refractivity contribution in [3.63, 3.8) is 0 Å². The number of hydrogen-bond acceptors (Lipinski definition) is 1. The molecule has 0 unspecified atom stereocenters. The van der Waals surface area contributed by atoms with E-state index in [0.29, 0.717) is 0 Å². The summed E-state index contributed by atoms with van der Waals surface area (Å²) in [5.41, 5.74) is 10.4. The van der Waals surface area contributed by atoms with Crippen molar-refractivity contribution in [2.75, 3.05) is 0 Å². The second kappa shape index (κ2) is 10.4. The summed E-state index contributed by atoms with van der Waals surface area (Å²) in [6.07, 6.45) is 0. The van der Waals surface area contributed by atoms with Gasteiger partial charge in [-0.3, -0.25) is 0 Å². The summed E-state index contributed by atoms with van der Waals surface area (Å²) >= 11 is 0. The Bertz CT molecular complexity index is 3080. The van der Waals surface area contributed by atoms with Gasteiger partial charge in [0.25, 0.3) is 0 Å². The Balaban J connectivity index is 1.15. The zero-order valence-corrected chi connectivity index (χ0v) is 27.1. The van der Waals surface area contributed by atoms with Crippen molar-refractivity contribution in [1.82, 2.24) is 4.57 Å². The third-order valence-electron chi connectivity index (χ3n) is 10.6. The molecule has 0 aliphatic carbocycles. The van der Waals surface area contributed by atoms with Gasteiger partial charge in [0, 0.05) is 27.2 Å². The van der Waals surface area contributed by atoms with Crippen LogP contribution < -0.4 is 0 Å². The van der Waals surface area contributed by atoms with E-state index in [1.54, 1.807) is 0 Å². The maximum atomic E-state index is 6.31. The van der Waals surface area contributed by atoms with Gasteiger partial charge in [-0.25, -0.2) is 0 Å². The summed E-state index contributed by atoms with van der Waals surface area (Å²) < 4.78 is 8.71. The zero-order chi connectivity index (χ0) is 32.8. The predicted octanol–water partition coefficient (Wildman–Crippen LogP) is 13.5. The van der Waals surface area contributed by atoms with E-state index in [0.717, 1.165) is 22.2 Å². The van der Waals surface area contributed by atoms with Crippen LogP contribution in [0.5, 0.6) is 0 Å². The van der Waals surface area contributed by atoms with Crippen molar-refractivity contribution in [3.05, 3.63) is 176 Å². The standard InChI is InChI=1S/C48H29NO/c1-2-14-33-30(12-1)13-11-21-34(33)46-37-17-5-3-15-35(37)45(36-16-4-6-18-38(36)46)31-24-26-32(27-25-31)49-41-22-9-7-19-39(41)47-42(49)28-29-44-48(47)40-20-8-10-23-43(40)50-44/h1-29H. The van der Waals surface area contributed by atoms with Crippen molar-refractivity contribution in [2.45, 2.75) is 0 Å². The Kier molecular flexibility index (Phi) is 5.70. The van der Waals surface area contributed by atoms with Crippen molar-refractivity contribution in [3.8, 4) is 27.9 Å². The van der Waals surface area contributed by atoms with E-state index in [-0.39, 0.29) is 0 Å². The summed E-state index contributed by atoms with van der Waals surface area (Å²) in [6, 6.07) is 63.8. The van der Waals surface area contributed by atoms with Crippen molar-refractivity contribution < 1.29 is 4.42 Å². The van der Waals surface area contributed by atoms with E-state index < -0.39 is 0 Å². The molecule has 0 spiro atoms. The van der Waals surface area contributed by atoms with E-state index in [2.05, 4.69) is 174 Å². The van der Waals surface area contributed by atoms with E-state index in [1.165, 1.54) is 81.8 Å². The summed E-state index contributed by atoms with van der Waals surface area (Å²) in [7, 11) is 0. The lowest BCUT2D eigenvalue weighted by Gasteiger charge is -2.19. The minimum absolute atomic E-state index is 0.919. The van der Waals surface area contributed by atoms with Crippen molar-refractivity contribution in [1.29, 1.82) is 0 Å². The number of aromatic nitrogens is 1. The molecule has 11 aromatic rings. The quantitative estimate of drug-likeness (QED) is 0.177. The highest BCUT2D eigenvalue weighted by Gasteiger charge is 2.20. The topological polar surface area (TPSA) is 18.1 Å². The van der Waals surface area contributed by atoms with E-state index in [4.69, 9.17) is 4.42 Å². The van der Waals surface area contributed by atoms with Crippen LogP contribution in [-0.4, -0.2) is 4.57 Å². The number of para-hydroxylation sites is 2. The fourth-order valence-electron chi connectivity index (χ4n) is 8.50. The lowest BCUT2D eigenvalue weighted by molar-refractivity contribution is 0.669. The van der Waals surface area contributed by atoms with Crippen LogP contribution in [0, 0.1) is 0 Å². The normalized spacial score (nSPS) is 12.0. The molecule has 0 saturated carbocycles.